The monoisotopic (exact) mass is 342 g/mol. The molecule has 0 radical (unpaired) electrons. The highest BCUT2D eigenvalue weighted by Crippen LogP contribution is 2.44. The van der Waals surface area contributed by atoms with E-state index < -0.39 is 6.04 Å². The van der Waals surface area contributed by atoms with Crippen LogP contribution in [-0.4, -0.2) is 18.4 Å². The summed E-state index contributed by atoms with van der Waals surface area (Å²) in [4.78, 5) is 25.7. The van der Waals surface area contributed by atoms with E-state index in [4.69, 9.17) is 23.2 Å². The Hall–Kier alpha value is -1.26. The van der Waals surface area contributed by atoms with Crippen LogP contribution in [0.25, 0.3) is 0 Å². The van der Waals surface area contributed by atoms with E-state index >= 15 is 0 Å². The van der Waals surface area contributed by atoms with Crippen LogP contribution in [0.3, 0.4) is 0 Å². The van der Waals surface area contributed by atoms with Crippen molar-refractivity contribution in [2.24, 2.45) is 0 Å². The Balaban J connectivity index is 2.32. The summed E-state index contributed by atoms with van der Waals surface area (Å²) in [5.74, 6) is -0.440. The maximum absolute atomic E-state index is 12.7. The van der Waals surface area contributed by atoms with Crippen LogP contribution < -0.4 is 10.2 Å². The summed E-state index contributed by atoms with van der Waals surface area (Å²) >= 11 is 12.5. The lowest BCUT2D eigenvalue weighted by Gasteiger charge is -2.19. The summed E-state index contributed by atoms with van der Waals surface area (Å²) in [7, 11) is 0. The highest BCUT2D eigenvalue weighted by Gasteiger charge is 2.40. The molecule has 1 aromatic carbocycles. The Morgan fingerprint density at radius 3 is 2.55 bits per heavy atom. The van der Waals surface area contributed by atoms with Gasteiger partial charge in [0, 0.05) is 24.1 Å². The second-order valence-corrected chi connectivity index (χ2v) is 6.29. The van der Waals surface area contributed by atoms with Gasteiger partial charge in [-0.05, 0) is 18.6 Å². The first-order valence-corrected chi connectivity index (χ1v) is 8.29. The Morgan fingerprint density at radius 2 is 1.91 bits per heavy atom. The van der Waals surface area contributed by atoms with Gasteiger partial charge in [-0.2, -0.15) is 0 Å². The first kappa shape index (κ1) is 17.1. The number of benzene rings is 1. The lowest BCUT2D eigenvalue weighted by Crippen LogP contribution is -2.37. The van der Waals surface area contributed by atoms with E-state index in [1.54, 1.807) is 17.0 Å². The summed E-state index contributed by atoms with van der Waals surface area (Å²) in [6.07, 6.45) is 4.21. The number of halogens is 2. The van der Waals surface area contributed by atoms with Crippen molar-refractivity contribution in [3.63, 3.8) is 0 Å². The molecule has 120 valence electrons. The van der Waals surface area contributed by atoms with Gasteiger partial charge in [0.1, 0.15) is 6.04 Å². The molecule has 0 spiro atoms. The lowest BCUT2D eigenvalue weighted by molar-refractivity contribution is -0.126. The maximum Gasteiger partial charge on any atom is 0.254 e. The minimum atomic E-state index is -0.745. The van der Waals surface area contributed by atoms with Crippen LogP contribution in [0.4, 0.5) is 5.69 Å². The molecule has 6 heteroatoms. The number of carbonyl (C=O) groups excluding carboxylic acids is 2. The third-order valence-electron chi connectivity index (χ3n) is 3.77. The van der Waals surface area contributed by atoms with E-state index in [9.17, 15) is 9.59 Å². The normalized spacial score (nSPS) is 16.8. The second kappa shape index (κ2) is 7.34. The molecule has 1 unspecified atom stereocenters. The van der Waals surface area contributed by atoms with Gasteiger partial charge < -0.3 is 10.2 Å². The molecule has 1 aromatic rings. The minimum Gasteiger partial charge on any atom is -0.341 e. The Bertz CT molecular complexity index is 590. The molecular formula is C16H20Cl2N2O2. The number of rotatable bonds is 6. The standard InChI is InChI=1S/C16H20Cl2N2O2/c1-3-4-5-6-9-20-15-12(18)8-7-11(17)13(15)14(16(20)22)19-10(2)21/h7-8,14H,3-6,9H2,1-2H3,(H,19,21). The third-order valence-corrected chi connectivity index (χ3v) is 4.40. The van der Waals surface area contributed by atoms with Gasteiger partial charge in [0.05, 0.1) is 10.7 Å². The van der Waals surface area contributed by atoms with Crippen molar-refractivity contribution < 1.29 is 9.59 Å². The SMILES string of the molecule is CCCCCCN1C(=O)C(NC(C)=O)c2c(Cl)ccc(Cl)c21. The van der Waals surface area contributed by atoms with Crippen molar-refractivity contribution in [3.05, 3.63) is 27.7 Å². The fourth-order valence-electron chi connectivity index (χ4n) is 2.75. The average molecular weight is 343 g/mol. The van der Waals surface area contributed by atoms with Gasteiger partial charge in [0.15, 0.2) is 0 Å². The number of hydrogen-bond donors (Lipinski definition) is 1. The van der Waals surface area contributed by atoms with Gasteiger partial charge in [0.2, 0.25) is 5.91 Å². The zero-order valence-electron chi connectivity index (χ0n) is 12.8. The van der Waals surface area contributed by atoms with Crippen molar-refractivity contribution in [2.75, 3.05) is 11.4 Å². The topological polar surface area (TPSA) is 49.4 Å². The summed E-state index contributed by atoms with van der Waals surface area (Å²) < 4.78 is 0. The van der Waals surface area contributed by atoms with Crippen molar-refractivity contribution in [1.29, 1.82) is 0 Å². The number of fused-ring (bicyclic) bond motifs is 1. The molecule has 0 aliphatic carbocycles. The molecule has 1 N–H and O–H groups in total. The van der Waals surface area contributed by atoms with Crippen molar-refractivity contribution >= 4 is 40.7 Å². The van der Waals surface area contributed by atoms with Gasteiger partial charge in [-0.25, -0.2) is 0 Å². The number of unbranched alkanes of at least 4 members (excludes halogenated alkanes) is 3. The zero-order chi connectivity index (χ0) is 16.3. The summed E-state index contributed by atoms with van der Waals surface area (Å²) in [6.45, 7) is 4.11. The van der Waals surface area contributed by atoms with E-state index in [2.05, 4.69) is 12.2 Å². The molecule has 0 fully saturated rings. The third kappa shape index (κ3) is 3.39. The molecular weight excluding hydrogens is 323 g/mol. The Morgan fingerprint density at radius 1 is 1.23 bits per heavy atom. The van der Waals surface area contributed by atoms with Crippen LogP contribution in [0.15, 0.2) is 12.1 Å². The fraction of sp³-hybridized carbons (Fsp3) is 0.500. The number of nitrogens with one attached hydrogen (secondary N) is 1. The van der Waals surface area contributed by atoms with Gasteiger partial charge in [-0.1, -0.05) is 49.4 Å². The molecule has 1 aliphatic heterocycles. The first-order chi connectivity index (χ1) is 10.5. The Labute approximate surface area is 140 Å². The lowest BCUT2D eigenvalue weighted by atomic mass is 10.1. The predicted molar refractivity (Wildman–Crippen MR) is 89.5 cm³/mol. The molecule has 22 heavy (non-hydrogen) atoms. The van der Waals surface area contributed by atoms with E-state index in [1.807, 2.05) is 0 Å². The van der Waals surface area contributed by atoms with Crippen LogP contribution in [0.5, 0.6) is 0 Å². The molecule has 0 saturated heterocycles. The number of nitrogens with zero attached hydrogens (tertiary/aromatic N) is 1. The largest absolute Gasteiger partial charge is 0.341 e. The molecule has 0 saturated carbocycles. The first-order valence-electron chi connectivity index (χ1n) is 7.53. The van der Waals surface area contributed by atoms with Crippen LogP contribution in [-0.2, 0) is 9.59 Å². The number of carbonyl (C=O) groups is 2. The summed E-state index contributed by atoms with van der Waals surface area (Å²) in [5, 5.41) is 3.60. The average Bonchev–Trinajstić information content (AvgIpc) is 2.73. The highest BCUT2D eigenvalue weighted by molar-refractivity contribution is 6.38. The van der Waals surface area contributed by atoms with Gasteiger partial charge in [0.25, 0.3) is 5.91 Å². The number of amides is 2. The van der Waals surface area contributed by atoms with Crippen molar-refractivity contribution in [3.8, 4) is 0 Å². The molecule has 0 aromatic heterocycles. The molecule has 2 rings (SSSR count). The highest BCUT2D eigenvalue weighted by atomic mass is 35.5. The van der Waals surface area contributed by atoms with Gasteiger partial charge >= 0.3 is 0 Å². The molecule has 4 nitrogen and oxygen atoms in total. The molecule has 1 aliphatic rings. The van der Waals surface area contributed by atoms with Crippen LogP contribution >= 0.6 is 23.2 Å². The van der Waals surface area contributed by atoms with Crippen molar-refractivity contribution in [1.82, 2.24) is 5.32 Å². The quantitative estimate of drug-likeness (QED) is 0.791. The van der Waals surface area contributed by atoms with E-state index in [-0.39, 0.29) is 11.8 Å². The zero-order valence-corrected chi connectivity index (χ0v) is 14.3. The minimum absolute atomic E-state index is 0.170. The van der Waals surface area contributed by atoms with Crippen LogP contribution in [0.1, 0.15) is 51.1 Å². The van der Waals surface area contributed by atoms with Crippen molar-refractivity contribution in [2.45, 2.75) is 45.6 Å². The van der Waals surface area contributed by atoms with Gasteiger partial charge in [-0.15, -0.1) is 0 Å². The second-order valence-electron chi connectivity index (χ2n) is 5.48. The van der Waals surface area contributed by atoms with E-state index in [0.29, 0.717) is 27.8 Å². The van der Waals surface area contributed by atoms with Crippen LogP contribution in [0.2, 0.25) is 10.0 Å². The molecule has 1 atom stereocenters. The molecule has 2 amide bonds. The van der Waals surface area contributed by atoms with E-state index in [1.165, 1.54) is 6.92 Å². The summed E-state index contributed by atoms with van der Waals surface area (Å²) in [5.41, 5.74) is 1.24. The number of anilines is 1. The molecule has 1 heterocycles. The predicted octanol–water partition coefficient (Wildman–Crippen LogP) is 4.10. The maximum atomic E-state index is 12.7. The van der Waals surface area contributed by atoms with Crippen LogP contribution in [0, 0.1) is 0 Å². The van der Waals surface area contributed by atoms with E-state index in [0.717, 1.165) is 25.7 Å². The Kier molecular flexibility index (Phi) is 5.70. The molecule has 0 bridgehead atoms. The summed E-state index contributed by atoms with van der Waals surface area (Å²) in [6, 6.07) is 2.60. The fourth-order valence-corrected chi connectivity index (χ4v) is 3.28. The van der Waals surface area contributed by atoms with Gasteiger partial charge in [-0.3, -0.25) is 9.59 Å². The number of hydrogen-bond acceptors (Lipinski definition) is 2. The smallest absolute Gasteiger partial charge is 0.254 e.